The largest absolute Gasteiger partial charge is 0.497 e. The fraction of sp³-hybridized carbons (Fsp3) is 0.316. The third kappa shape index (κ3) is 4.04. The summed E-state index contributed by atoms with van der Waals surface area (Å²) in [6.45, 7) is 2.68. The molecule has 3 rings (SSSR count). The van der Waals surface area contributed by atoms with Gasteiger partial charge in [0.2, 0.25) is 0 Å². The summed E-state index contributed by atoms with van der Waals surface area (Å²) in [6.07, 6.45) is 3.31. The van der Waals surface area contributed by atoms with Crippen LogP contribution in [-0.2, 0) is 11.3 Å². The highest BCUT2D eigenvalue weighted by molar-refractivity contribution is 6.36. The number of hydrogen-bond acceptors (Lipinski definition) is 5. The minimum absolute atomic E-state index is 0.168. The standard InChI is InChI=1S/C19H21ClN4O3/c1-13(12-26-2)23(11-14-6-4-7-15(10-14)27-3)19(25)17-16(20)18-21-8-5-9-24(18)22-17/h4-10,13H,11-12H2,1-3H3/t13-/m0/s1. The van der Waals surface area contributed by atoms with E-state index in [1.54, 1.807) is 37.6 Å². The number of fused-ring (bicyclic) bond motifs is 1. The van der Waals surface area contributed by atoms with Crippen molar-refractivity contribution < 1.29 is 14.3 Å². The summed E-state index contributed by atoms with van der Waals surface area (Å²) in [5.74, 6) is 0.451. The van der Waals surface area contributed by atoms with Crippen LogP contribution in [-0.4, -0.2) is 52.3 Å². The van der Waals surface area contributed by atoms with Crippen LogP contribution in [0.2, 0.25) is 5.02 Å². The van der Waals surface area contributed by atoms with E-state index in [1.807, 2.05) is 31.2 Å². The van der Waals surface area contributed by atoms with Crippen LogP contribution in [0.15, 0.2) is 42.7 Å². The first-order valence-corrected chi connectivity index (χ1v) is 8.84. The summed E-state index contributed by atoms with van der Waals surface area (Å²) in [5.41, 5.74) is 1.55. The lowest BCUT2D eigenvalue weighted by Crippen LogP contribution is -2.41. The van der Waals surface area contributed by atoms with E-state index < -0.39 is 0 Å². The molecule has 2 heterocycles. The van der Waals surface area contributed by atoms with E-state index in [0.29, 0.717) is 18.8 Å². The van der Waals surface area contributed by atoms with E-state index in [0.717, 1.165) is 11.3 Å². The molecule has 1 atom stereocenters. The third-order valence-electron chi connectivity index (χ3n) is 4.23. The van der Waals surface area contributed by atoms with Gasteiger partial charge in [-0.1, -0.05) is 23.7 Å². The number of halogens is 1. The number of rotatable bonds is 7. The molecule has 7 nitrogen and oxygen atoms in total. The topological polar surface area (TPSA) is 69.0 Å². The van der Waals surface area contributed by atoms with Crippen molar-refractivity contribution in [2.45, 2.75) is 19.5 Å². The molecular weight excluding hydrogens is 368 g/mol. The van der Waals surface area contributed by atoms with Crippen LogP contribution in [0.5, 0.6) is 5.75 Å². The molecule has 142 valence electrons. The van der Waals surface area contributed by atoms with Crippen LogP contribution in [0.1, 0.15) is 23.0 Å². The van der Waals surface area contributed by atoms with Crippen molar-refractivity contribution in [1.29, 1.82) is 0 Å². The van der Waals surface area contributed by atoms with E-state index in [4.69, 9.17) is 21.1 Å². The lowest BCUT2D eigenvalue weighted by Gasteiger charge is -2.28. The average Bonchev–Trinajstić information content (AvgIpc) is 3.03. The quantitative estimate of drug-likeness (QED) is 0.622. The number of methoxy groups -OCH3 is 2. The molecule has 0 saturated heterocycles. The summed E-state index contributed by atoms with van der Waals surface area (Å²) in [7, 11) is 3.21. The van der Waals surface area contributed by atoms with Gasteiger partial charge in [-0.05, 0) is 30.7 Å². The first-order valence-electron chi connectivity index (χ1n) is 8.46. The molecule has 0 fully saturated rings. The third-order valence-corrected chi connectivity index (χ3v) is 4.58. The fourth-order valence-corrected chi connectivity index (χ4v) is 3.11. The highest BCUT2D eigenvalue weighted by Crippen LogP contribution is 2.24. The van der Waals surface area contributed by atoms with Crippen LogP contribution < -0.4 is 4.74 Å². The van der Waals surface area contributed by atoms with E-state index >= 15 is 0 Å². The first kappa shape index (κ1) is 19.1. The molecule has 0 unspecified atom stereocenters. The van der Waals surface area contributed by atoms with Gasteiger partial charge in [-0.25, -0.2) is 9.50 Å². The second-order valence-corrected chi connectivity index (χ2v) is 6.52. The predicted octanol–water partition coefficient (Wildman–Crippen LogP) is 3.07. The van der Waals surface area contributed by atoms with Gasteiger partial charge in [0.15, 0.2) is 11.3 Å². The van der Waals surface area contributed by atoms with Crippen molar-refractivity contribution >= 4 is 23.2 Å². The lowest BCUT2D eigenvalue weighted by atomic mass is 10.1. The number of ether oxygens (including phenoxy) is 2. The van der Waals surface area contributed by atoms with Crippen molar-refractivity contribution in [3.63, 3.8) is 0 Å². The number of amides is 1. The van der Waals surface area contributed by atoms with Crippen LogP contribution in [0.25, 0.3) is 5.65 Å². The zero-order valence-corrected chi connectivity index (χ0v) is 16.2. The Morgan fingerprint density at radius 2 is 2.15 bits per heavy atom. The van der Waals surface area contributed by atoms with Crippen LogP contribution in [0, 0.1) is 0 Å². The fourth-order valence-electron chi connectivity index (χ4n) is 2.86. The molecule has 0 aliphatic carbocycles. The normalized spacial score (nSPS) is 12.1. The van der Waals surface area contributed by atoms with Gasteiger partial charge in [-0.15, -0.1) is 0 Å². The van der Waals surface area contributed by atoms with Gasteiger partial charge < -0.3 is 14.4 Å². The molecule has 8 heteroatoms. The van der Waals surface area contributed by atoms with Crippen molar-refractivity contribution in [3.8, 4) is 5.75 Å². The SMILES string of the molecule is COC[C@H](C)N(Cc1cccc(OC)c1)C(=O)c1nn2cccnc2c1Cl. The molecule has 0 N–H and O–H groups in total. The summed E-state index contributed by atoms with van der Waals surface area (Å²) in [5, 5.41) is 4.55. The molecular formula is C19H21ClN4O3. The summed E-state index contributed by atoms with van der Waals surface area (Å²) in [4.78, 5) is 19.1. The number of carbonyl (C=O) groups is 1. The lowest BCUT2D eigenvalue weighted by molar-refractivity contribution is 0.0536. The Bertz CT molecular complexity index is 944. The first-order chi connectivity index (χ1) is 13.0. The molecule has 1 amide bonds. The van der Waals surface area contributed by atoms with Crippen molar-refractivity contribution in [3.05, 3.63) is 59.0 Å². The minimum atomic E-state index is -0.280. The van der Waals surface area contributed by atoms with Crippen LogP contribution in [0.3, 0.4) is 0 Å². The molecule has 0 spiro atoms. The zero-order chi connectivity index (χ0) is 19.4. The Balaban J connectivity index is 1.96. The Morgan fingerprint density at radius 1 is 1.33 bits per heavy atom. The van der Waals surface area contributed by atoms with Gasteiger partial charge in [-0.3, -0.25) is 4.79 Å². The number of aromatic nitrogens is 3. The Labute approximate surface area is 162 Å². The van der Waals surface area contributed by atoms with Crippen LogP contribution >= 0.6 is 11.6 Å². The van der Waals surface area contributed by atoms with Gasteiger partial charge >= 0.3 is 0 Å². The second-order valence-electron chi connectivity index (χ2n) is 6.14. The van der Waals surface area contributed by atoms with Gasteiger partial charge in [0, 0.05) is 26.0 Å². The van der Waals surface area contributed by atoms with E-state index in [2.05, 4.69) is 10.1 Å². The Kier molecular flexibility index (Phi) is 5.93. The van der Waals surface area contributed by atoms with E-state index in [1.165, 1.54) is 4.52 Å². The zero-order valence-electron chi connectivity index (χ0n) is 15.4. The maximum absolute atomic E-state index is 13.3. The van der Waals surface area contributed by atoms with Crippen molar-refractivity contribution in [1.82, 2.24) is 19.5 Å². The van der Waals surface area contributed by atoms with Gasteiger partial charge in [0.1, 0.15) is 10.8 Å². The molecule has 0 bridgehead atoms. The van der Waals surface area contributed by atoms with Gasteiger partial charge in [0.05, 0.1) is 19.8 Å². The Morgan fingerprint density at radius 3 is 2.85 bits per heavy atom. The Hall–Kier alpha value is -2.64. The number of hydrogen-bond donors (Lipinski definition) is 0. The van der Waals surface area contributed by atoms with Crippen LogP contribution in [0.4, 0.5) is 0 Å². The molecule has 3 aromatic rings. The molecule has 0 aliphatic heterocycles. The minimum Gasteiger partial charge on any atom is -0.497 e. The maximum Gasteiger partial charge on any atom is 0.276 e. The van der Waals surface area contributed by atoms with Gasteiger partial charge in [0.25, 0.3) is 5.91 Å². The van der Waals surface area contributed by atoms with Gasteiger partial charge in [-0.2, -0.15) is 5.10 Å². The number of nitrogens with zero attached hydrogens (tertiary/aromatic N) is 4. The molecule has 0 saturated carbocycles. The monoisotopic (exact) mass is 388 g/mol. The molecule has 2 aromatic heterocycles. The molecule has 1 aromatic carbocycles. The number of carbonyl (C=O) groups excluding carboxylic acids is 1. The summed E-state index contributed by atoms with van der Waals surface area (Å²) in [6, 6.07) is 9.13. The predicted molar refractivity (Wildman–Crippen MR) is 102 cm³/mol. The van der Waals surface area contributed by atoms with E-state index in [-0.39, 0.29) is 22.7 Å². The smallest absolute Gasteiger partial charge is 0.276 e. The molecule has 27 heavy (non-hydrogen) atoms. The highest BCUT2D eigenvalue weighted by Gasteiger charge is 2.27. The average molecular weight is 389 g/mol. The second kappa shape index (κ2) is 8.37. The maximum atomic E-state index is 13.3. The summed E-state index contributed by atoms with van der Waals surface area (Å²) >= 11 is 6.38. The number of benzene rings is 1. The summed E-state index contributed by atoms with van der Waals surface area (Å²) < 4.78 is 12.0. The van der Waals surface area contributed by atoms with Crippen molar-refractivity contribution in [2.24, 2.45) is 0 Å². The highest BCUT2D eigenvalue weighted by atomic mass is 35.5. The molecule has 0 radical (unpaired) electrons. The van der Waals surface area contributed by atoms with E-state index in [9.17, 15) is 4.79 Å². The molecule has 0 aliphatic rings. The van der Waals surface area contributed by atoms with Crippen molar-refractivity contribution in [2.75, 3.05) is 20.8 Å².